The third-order valence-electron chi connectivity index (χ3n) is 6.35. The summed E-state index contributed by atoms with van der Waals surface area (Å²) in [6.07, 6.45) is 1.20. The lowest BCUT2D eigenvalue weighted by Gasteiger charge is -2.42. The molecule has 190 valence electrons. The number of carbonyl (C=O) groups excluding carboxylic acids is 4. The van der Waals surface area contributed by atoms with Crippen molar-refractivity contribution in [2.24, 2.45) is 0 Å². The minimum Gasteiger partial charge on any atom is -0.354 e. The smallest absolute Gasteiger partial charge is 0.245 e. The number of sulfone groups is 1. The molecule has 3 aliphatic heterocycles. The van der Waals surface area contributed by atoms with Gasteiger partial charge in [-0.2, -0.15) is 0 Å². The van der Waals surface area contributed by atoms with E-state index in [2.05, 4.69) is 16.0 Å². The predicted molar refractivity (Wildman–Crippen MR) is 129 cm³/mol. The van der Waals surface area contributed by atoms with E-state index in [0.29, 0.717) is 24.6 Å². The van der Waals surface area contributed by atoms with Crippen LogP contribution in [0.25, 0.3) is 0 Å². The summed E-state index contributed by atoms with van der Waals surface area (Å²) in [5.41, 5.74) is 0. The number of piperidine rings is 1. The van der Waals surface area contributed by atoms with E-state index in [1.807, 2.05) is 0 Å². The average molecular weight is 524 g/mol. The molecule has 4 amide bonds. The van der Waals surface area contributed by atoms with E-state index in [9.17, 15) is 27.6 Å². The van der Waals surface area contributed by atoms with Crippen LogP contribution in [0.1, 0.15) is 12.8 Å². The minimum absolute atomic E-state index is 0.0459. The zero-order chi connectivity index (χ0) is 25.0. The normalized spacial score (nSPS) is 25.1. The van der Waals surface area contributed by atoms with Gasteiger partial charge in [0, 0.05) is 31.3 Å². The maximum absolute atomic E-state index is 13.2. The van der Waals surface area contributed by atoms with Crippen molar-refractivity contribution in [1.82, 2.24) is 25.8 Å². The summed E-state index contributed by atoms with van der Waals surface area (Å²) >= 11 is 1.58. The van der Waals surface area contributed by atoms with Crippen molar-refractivity contribution in [1.29, 1.82) is 0 Å². The average Bonchev–Trinajstić information content (AvgIpc) is 3.40. The Hall–Kier alpha value is -2.64. The van der Waals surface area contributed by atoms with Gasteiger partial charge in [0.2, 0.25) is 23.6 Å². The zero-order valence-corrected chi connectivity index (χ0v) is 20.8. The highest BCUT2D eigenvalue weighted by molar-refractivity contribution is 7.99. The number of benzene rings is 1. The van der Waals surface area contributed by atoms with Gasteiger partial charge in [-0.05, 0) is 25.0 Å². The number of amides is 4. The number of piperazine rings is 1. The van der Waals surface area contributed by atoms with Crippen LogP contribution in [-0.2, 0) is 29.0 Å². The molecule has 13 heteroatoms. The lowest BCUT2D eigenvalue weighted by molar-refractivity contribution is -0.149. The van der Waals surface area contributed by atoms with Gasteiger partial charge < -0.3 is 20.4 Å². The van der Waals surface area contributed by atoms with Crippen molar-refractivity contribution in [3.8, 4) is 0 Å². The summed E-state index contributed by atoms with van der Waals surface area (Å²) in [4.78, 5) is 54.3. The summed E-state index contributed by atoms with van der Waals surface area (Å²) in [5.74, 6) is -1.22. The van der Waals surface area contributed by atoms with Crippen LogP contribution in [0.5, 0.6) is 0 Å². The first-order valence-corrected chi connectivity index (χ1v) is 14.3. The summed E-state index contributed by atoms with van der Waals surface area (Å²) in [6.45, 7) is 0.605. The second-order valence-corrected chi connectivity index (χ2v) is 11.7. The number of hydrogen-bond acceptors (Lipinski definition) is 8. The lowest BCUT2D eigenvalue weighted by atomic mass is 10.0. The molecule has 0 unspecified atom stereocenters. The van der Waals surface area contributed by atoms with Crippen molar-refractivity contribution in [2.45, 2.75) is 35.9 Å². The second kappa shape index (κ2) is 11.0. The van der Waals surface area contributed by atoms with Crippen LogP contribution in [0.3, 0.4) is 0 Å². The molecule has 0 aliphatic carbocycles. The minimum atomic E-state index is -3.86. The number of nitrogens with zero attached hydrogens (tertiary/aromatic N) is 2. The Morgan fingerprint density at radius 3 is 2.60 bits per heavy atom. The molecule has 0 spiro atoms. The van der Waals surface area contributed by atoms with Gasteiger partial charge >= 0.3 is 0 Å². The Morgan fingerprint density at radius 1 is 1.14 bits per heavy atom. The molecule has 0 saturated carbocycles. The number of carbonyl (C=O) groups is 4. The molecule has 35 heavy (non-hydrogen) atoms. The molecule has 4 rings (SSSR count). The fourth-order valence-electron chi connectivity index (χ4n) is 4.39. The Balaban J connectivity index is 1.49. The van der Waals surface area contributed by atoms with Gasteiger partial charge in [-0.3, -0.25) is 24.5 Å². The highest BCUT2D eigenvalue weighted by atomic mass is 32.2. The maximum atomic E-state index is 13.2. The van der Waals surface area contributed by atoms with Gasteiger partial charge in [-0.25, -0.2) is 8.42 Å². The van der Waals surface area contributed by atoms with Gasteiger partial charge in [0.05, 0.1) is 17.5 Å². The lowest BCUT2D eigenvalue weighted by Crippen LogP contribution is -2.65. The number of rotatable bonds is 6. The van der Waals surface area contributed by atoms with E-state index in [4.69, 9.17) is 0 Å². The SMILES string of the molecule is O=C1NCCC[C@@H]1NC(=O)[C@H]1CN(C(=O)CS(=O)(=O)c2ccccc2)CCN1C(=O)[C@@H]1CSCN1. The standard InChI is InChI=1S/C22H29N5O6S2/c28-19(13-35(32,33)15-5-2-1-3-6-15)26-9-10-27(22(31)17-12-34-14-24-17)18(11-26)21(30)25-16-7-4-8-23-20(16)29/h1-3,5-6,16-18,24H,4,7-14H2,(H,23,29)(H,25,30)/t16-,17-,18+/m0/s1. The van der Waals surface area contributed by atoms with Crippen molar-refractivity contribution in [3.63, 3.8) is 0 Å². The first-order chi connectivity index (χ1) is 16.8. The molecule has 0 bridgehead atoms. The largest absolute Gasteiger partial charge is 0.354 e. The van der Waals surface area contributed by atoms with Crippen LogP contribution < -0.4 is 16.0 Å². The van der Waals surface area contributed by atoms with Crippen LogP contribution in [0, 0.1) is 0 Å². The summed E-state index contributed by atoms with van der Waals surface area (Å²) in [7, 11) is -3.86. The molecular weight excluding hydrogens is 494 g/mol. The van der Waals surface area contributed by atoms with Gasteiger partial charge in [0.1, 0.15) is 17.8 Å². The highest BCUT2D eigenvalue weighted by Crippen LogP contribution is 2.19. The molecule has 3 N–H and O–H groups in total. The van der Waals surface area contributed by atoms with Gasteiger partial charge in [0.25, 0.3) is 0 Å². The third kappa shape index (κ3) is 5.96. The summed E-state index contributed by atoms with van der Waals surface area (Å²) in [6, 6.07) is 5.53. The van der Waals surface area contributed by atoms with E-state index in [0.717, 1.165) is 6.42 Å². The molecule has 0 aromatic heterocycles. The molecule has 1 aromatic rings. The topological polar surface area (TPSA) is 145 Å². The van der Waals surface area contributed by atoms with E-state index in [-0.39, 0.29) is 36.3 Å². The third-order valence-corrected chi connectivity index (χ3v) is 8.91. The molecule has 3 heterocycles. The van der Waals surface area contributed by atoms with Crippen LogP contribution in [0.15, 0.2) is 35.2 Å². The van der Waals surface area contributed by atoms with Gasteiger partial charge in [0.15, 0.2) is 9.84 Å². The molecule has 3 atom stereocenters. The van der Waals surface area contributed by atoms with E-state index in [1.165, 1.54) is 21.9 Å². The molecular formula is C22H29N5O6S2. The first-order valence-electron chi connectivity index (χ1n) is 11.5. The van der Waals surface area contributed by atoms with Gasteiger partial charge in [-0.1, -0.05) is 18.2 Å². The van der Waals surface area contributed by atoms with Crippen LogP contribution in [-0.4, -0.2) is 104 Å². The molecule has 1 aromatic carbocycles. The predicted octanol–water partition coefficient (Wildman–Crippen LogP) is -1.44. The summed E-state index contributed by atoms with van der Waals surface area (Å²) < 4.78 is 25.4. The van der Waals surface area contributed by atoms with Crippen LogP contribution in [0.4, 0.5) is 0 Å². The number of thioether (sulfide) groups is 1. The van der Waals surface area contributed by atoms with Crippen LogP contribution >= 0.6 is 11.8 Å². The van der Waals surface area contributed by atoms with Crippen LogP contribution in [0.2, 0.25) is 0 Å². The fraction of sp³-hybridized carbons (Fsp3) is 0.545. The number of nitrogens with one attached hydrogen (secondary N) is 3. The van der Waals surface area contributed by atoms with E-state index in [1.54, 1.807) is 30.0 Å². The Labute approximate surface area is 208 Å². The molecule has 3 aliphatic rings. The quantitative estimate of drug-likeness (QED) is 0.411. The zero-order valence-electron chi connectivity index (χ0n) is 19.1. The molecule has 3 saturated heterocycles. The van der Waals surface area contributed by atoms with Crippen molar-refractivity contribution in [2.75, 3.05) is 43.6 Å². The van der Waals surface area contributed by atoms with Crippen molar-refractivity contribution in [3.05, 3.63) is 30.3 Å². The Morgan fingerprint density at radius 2 is 1.91 bits per heavy atom. The molecule has 0 radical (unpaired) electrons. The number of hydrogen-bond donors (Lipinski definition) is 3. The van der Waals surface area contributed by atoms with Gasteiger partial charge in [-0.15, -0.1) is 11.8 Å². The van der Waals surface area contributed by atoms with Crippen molar-refractivity contribution >= 4 is 45.2 Å². The summed E-state index contributed by atoms with van der Waals surface area (Å²) in [5, 5.41) is 8.53. The highest BCUT2D eigenvalue weighted by Gasteiger charge is 2.41. The first kappa shape index (κ1) is 25.5. The van der Waals surface area contributed by atoms with Crippen molar-refractivity contribution < 1.29 is 27.6 Å². The second-order valence-electron chi connectivity index (χ2n) is 8.73. The monoisotopic (exact) mass is 523 g/mol. The molecule has 11 nitrogen and oxygen atoms in total. The molecule has 3 fully saturated rings. The Kier molecular flexibility index (Phi) is 7.97. The maximum Gasteiger partial charge on any atom is 0.245 e. The van der Waals surface area contributed by atoms with E-state index < -0.39 is 45.5 Å². The van der Waals surface area contributed by atoms with E-state index >= 15 is 0 Å². The fourth-order valence-corrected chi connectivity index (χ4v) is 6.57. The Bertz CT molecular complexity index is 1080.